The average molecular weight is 242 g/mol. The molecule has 0 atom stereocenters. The molecule has 2 rings (SSSR count). The van der Waals surface area contributed by atoms with Crippen molar-refractivity contribution < 1.29 is 4.79 Å². The molecule has 18 heavy (non-hydrogen) atoms. The van der Waals surface area contributed by atoms with E-state index in [9.17, 15) is 4.79 Å². The van der Waals surface area contributed by atoms with E-state index >= 15 is 0 Å². The Labute approximate surface area is 107 Å². The Hall–Kier alpha value is -1.77. The molecule has 0 saturated carbocycles. The van der Waals surface area contributed by atoms with E-state index < -0.39 is 0 Å². The van der Waals surface area contributed by atoms with Crippen LogP contribution in [-0.4, -0.2) is 15.8 Å². The van der Waals surface area contributed by atoms with Gasteiger partial charge in [-0.2, -0.15) is 0 Å². The van der Waals surface area contributed by atoms with E-state index in [0.29, 0.717) is 18.0 Å². The first-order chi connectivity index (χ1) is 8.74. The number of rotatable bonds is 5. The molecule has 0 bridgehead atoms. The molecular formula is C15H18N2O. The summed E-state index contributed by atoms with van der Waals surface area (Å²) in [5.74, 6) is 0.549. The highest BCUT2D eigenvalue weighted by Gasteiger charge is 2.14. The largest absolute Gasteiger partial charge is 0.292 e. The number of nitrogens with zero attached hydrogens (tertiary/aromatic N) is 2. The van der Waals surface area contributed by atoms with Crippen molar-refractivity contribution in [2.24, 2.45) is 5.92 Å². The van der Waals surface area contributed by atoms with Gasteiger partial charge in [0.1, 0.15) is 5.69 Å². The van der Waals surface area contributed by atoms with E-state index in [0.717, 1.165) is 23.9 Å². The third-order valence-electron chi connectivity index (χ3n) is 3.36. The number of benzene rings is 1. The summed E-state index contributed by atoms with van der Waals surface area (Å²) in [6.45, 7) is 4.24. The van der Waals surface area contributed by atoms with E-state index in [2.05, 4.69) is 23.8 Å². The number of hydrogen-bond acceptors (Lipinski definition) is 3. The highest BCUT2D eigenvalue weighted by molar-refractivity contribution is 5.95. The van der Waals surface area contributed by atoms with E-state index in [4.69, 9.17) is 0 Å². The fraction of sp³-hybridized carbons (Fsp3) is 0.400. The summed E-state index contributed by atoms with van der Waals surface area (Å²) >= 11 is 0. The standard InChI is InChI=1S/C15H18N2O/c1-3-11(4-2)9-15(18)14-10-16-12-7-5-6-8-13(12)17-14/h5-8,10-11H,3-4,9H2,1-2H3. The molecule has 0 aliphatic heterocycles. The maximum atomic E-state index is 12.1. The summed E-state index contributed by atoms with van der Waals surface area (Å²) in [7, 11) is 0. The molecule has 3 nitrogen and oxygen atoms in total. The number of hydrogen-bond donors (Lipinski definition) is 0. The molecule has 0 spiro atoms. The van der Waals surface area contributed by atoms with Gasteiger partial charge in [0.2, 0.25) is 0 Å². The third-order valence-corrected chi connectivity index (χ3v) is 3.36. The van der Waals surface area contributed by atoms with Crippen LogP contribution in [0.3, 0.4) is 0 Å². The van der Waals surface area contributed by atoms with Gasteiger partial charge < -0.3 is 0 Å². The molecule has 1 heterocycles. The Morgan fingerprint density at radius 1 is 1.17 bits per heavy atom. The first-order valence-corrected chi connectivity index (χ1v) is 6.49. The lowest BCUT2D eigenvalue weighted by Gasteiger charge is -2.10. The smallest absolute Gasteiger partial charge is 0.183 e. The van der Waals surface area contributed by atoms with Crippen LogP contribution in [0.15, 0.2) is 30.5 Å². The molecule has 0 N–H and O–H groups in total. The van der Waals surface area contributed by atoms with Crippen molar-refractivity contribution in [2.75, 3.05) is 0 Å². The Bertz CT molecular complexity index is 547. The van der Waals surface area contributed by atoms with Crippen LogP contribution in [0.2, 0.25) is 0 Å². The van der Waals surface area contributed by atoms with Gasteiger partial charge in [-0.25, -0.2) is 4.98 Å². The van der Waals surface area contributed by atoms with Gasteiger partial charge in [-0.15, -0.1) is 0 Å². The second-order valence-electron chi connectivity index (χ2n) is 4.55. The van der Waals surface area contributed by atoms with Gasteiger partial charge in [0, 0.05) is 6.42 Å². The summed E-state index contributed by atoms with van der Waals surface area (Å²) in [5.41, 5.74) is 2.10. The zero-order valence-electron chi connectivity index (χ0n) is 10.9. The molecule has 0 aliphatic rings. The molecule has 2 aromatic rings. The second kappa shape index (κ2) is 5.71. The molecule has 3 heteroatoms. The molecule has 0 unspecified atom stereocenters. The number of aromatic nitrogens is 2. The number of fused-ring (bicyclic) bond motifs is 1. The predicted molar refractivity (Wildman–Crippen MR) is 72.6 cm³/mol. The summed E-state index contributed by atoms with van der Waals surface area (Å²) in [6.07, 6.45) is 4.22. The Morgan fingerprint density at radius 2 is 1.83 bits per heavy atom. The summed E-state index contributed by atoms with van der Waals surface area (Å²) in [4.78, 5) is 20.8. The van der Waals surface area contributed by atoms with E-state index in [-0.39, 0.29) is 5.78 Å². The molecule has 0 amide bonds. The second-order valence-corrected chi connectivity index (χ2v) is 4.55. The summed E-state index contributed by atoms with van der Waals surface area (Å²) in [5, 5.41) is 0. The predicted octanol–water partition coefficient (Wildman–Crippen LogP) is 3.64. The van der Waals surface area contributed by atoms with Gasteiger partial charge in [-0.1, -0.05) is 38.8 Å². The van der Waals surface area contributed by atoms with Crippen LogP contribution in [0.25, 0.3) is 11.0 Å². The Balaban J connectivity index is 2.22. The van der Waals surface area contributed by atoms with E-state index in [1.807, 2.05) is 24.3 Å². The van der Waals surface area contributed by atoms with Crippen molar-refractivity contribution in [3.8, 4) is 0 Å². The zero-order valence-corrected chi connectivity index (χ0v) is 10.9. The lowest BCUT2D eigenvalue weighted by molar-refractivity contribution is 0.0954. The van der Waals surface area contributed by atoms with Crippen LogP contribution in [0.1, 0.15) is 43.6 Å². The van der Waals surface area contributed by atoms with Crippen molar-refractivity contribution in [3.05, 3.63) is 36.2 Å². The molecular weight excluding hydrogens is 224 g/mol. The topological polar surface area (TPSA) is 42.9 Å². The van der Waals surface area contributed by atoms with Crippen molar-refractivity contribution in [1.82, 2.24) is 9.97 Å². The van der Waals surface area contributed by atoms with Crippen LogP contribution in [0.4, 0.5) is 0 Å². The number of carbonyl (C=O) groups excluding carboxylic acids is 1. The molecule has 0 fully saturated rings. The van der Waals surface area contributed by atoms with E-state index in [1.54, 1.807) is 6.20 Å². The third kappa shape index (κ3) is 2.73. The first kappa shape index (κ1) is 12.7. The molecule has 0 radical (unpaired) electrons. The van der Waals surface area contributed by atoms with Crippen LogP contribution in [0.5, 0.6) is 0 Å². The number of Topliss-reactive ketones (excluding diaryl/α,β-unsaturated/α-hetero) is 1. The van der Waals surface area contributed by atoms with Gasteiger partial charge in [0.05, 0.1) is 17.2 Å². The minimum absolute atomic E-state index is 0.0990. The number of para-hydroxylation sites is 2. The monoisotopic (exact) mass is 242 g/mol. The normalized spacial score (nSPS) is 11.1. The molecule has 94 valence electrons. The minimum atomic E-state index is 0.0990. The lowest BCUT2D eigenvalue weighted by Crippen LogP contribution is -2.09. The van der Waals surface area contributed by atoms with E-state index in [1.165, 1.54) is 0 Å². The minimum Gasteiger partial charge on any atom is -0.292 e. The summed E-state index contributed by atoms with van der Waals surface area (Å²) in [6, 6.07) is 7.61. The maximum Gasteiger partial charge on any atom is 0.183 e. The van der Waals surface area contributed by atoms with Crippen molar-refractivity contribution >= 4 is 16.8 Å². The van der Waals surface area contributed by atoms with Crippen LogP contribution in [-0.2, 0) is 0 Å². The van der Waals surface area contributed by atoms with Crippen LogP contribution >= 0.6 is 0 Å². The molecule has 1 aromatic heterocycles. The van der Waals surface area contributed by atoms with Gasteiger partial charge in [0.25, 0.3) is 0 Å². The van der Waals surface area contributed by atoms with Crippen LogP contribution < -0.4 is 0 Å². The van der Waals surface area contributed by atoms with Gasteiger partial charge in [0.15, 0.2) is 5.78 Å². The fourth-order valence-corrected chi connectivity index (χ4v) is 2.04. The quantitative estimate of drug-likeness (QED) is 0.752. The summed E-state index contributed by atoms with van der Waals surface area (Å²) < 4.78 is 0. The molecule has 1 aromatic carbocycles. The van der Waals surface area contributed by atoms with Crippen molar-refractivity contribution in [2.45, 2.75) is 33.1 Å². The zero-order chi connectivity index (χ0) is 13.0. The fourth-order valence-electron chi connectivity index (χ4n) is 2.04. The Kier molecular flexibility index (Phi) is 4.03. The van der Waals surface area contributed by atoms with Gasteiger partial charge in [-0.05, 0) is 18.1 Å². The van der Waals surface area contributed by atoms with Crippen molar-refractivity contribution in [1.29, 1.82) is 0 Å². The molecule has 0 aliphatic carbocycles. The van der Waals surface area contributed by atoms with Gasteiger partial charge in [-0.3, -0.25) is 9.78 Å². The Morgan fingerprint density at radius 3 is 2.50 bits per heavy atom. The van der Waals surface area contributed by atoms with Crippen molar-refractivity contribution in [3.63, 3.8) is 0 Å². The van der Waals surface area contributed by atoms with Crippen LogP contribution in [0, 0.1) is 5.92 Å². The first-order valence-electron chi connectivity index (χ1n) is 6.49. The highest BCUT2D eigenvalue weighted by Crippen LogP contribution is 2.16. The SMILES string of the molecule is CCC(CC)CC(=O)c1cnc2ccccc2n1. The average Bonchev–Trinajstić information content (AvgIpc) is 2.44. The van der Waals surface area contributed by atoms with Gasteiger partial charge >= 0.3 is 0 Å². The highest BCUT2D eigenvalue weighted by atomic mass is 16.1. The lowest BCUT2D eigenvalue weighted by atomic mass is 9.96. The number of carbonyl (C=O) groups is 1. The molecule has 0 saturated heterocycles. The number of ketones is 1. The maximum absolute atomic E-state index is 12.1.